The smallest absolute Gasteiger partial charge is 0.378 e. The van der Waals surface area contributed by atoms with E-state index in [-0.39, 0.29) is 11.6 Å². The summed E-state index contributed by atoms with van der Waals surface area (Å²) in [5, 5.41) is 13.8. The van der Waals surface area contributed by atoms with Crippen LogP contribution in [0.15, 0.2) is 42.6 Å². The van der Waals surface area contributed by atoms with Crippen molar-refractivity contribution in [2.45, 2.75) is 26.1 Å². The fourth-order valence-electron chi connectivity index (χ4n) is 3.79. The van der Waals surface area contributed by atoms with Crippen LogP contribution in [0.4, 0.5) is 29.3 Å². The first kappa shape index (κ1) is 22.8. The zero-order chi connectivity index (χ0) is 23.6. The monoisotopic (exact) mass is 462 g/mol. The number of halogens is 3. The highest BCUT2D eigenvalue weighted by atomic mass is 19.4. The van der Waals surface area contributed by atoms with Gasteiger partial charge in [-0.3, -0.25) is 4.40 Å². The second-order valence-electron chi connectivity index (χ2n) is 8.14. The molecule has 1 aliphatic heterocycles. The topological polar surface area (TPSA) is 83.8 Å². The summed E-state index contributed by atoms with van der Waals surface area (Å²) in [5.41, 5.74) is 0.389. The summed E-state index contributed by atoms with van der Waals surface area (Å²) < 4.78 is 47.2. The molecule has 1 aromatic carbocycles. The normalized spacial score (nSPS) is 15.6. The molecular weight excluding hydrogens is 437 g/mol. The van der Waals surface area contributed by atoms with E-state index in [1.807, 2.05) is 30.9 Å². The molecule has 1 atom stereocenters. The first-order chi connectivity index (χ1) is 15.7. The van der Waals surface area contributed by atoms with E-state index in [1.54, 1.807) is 16.7 Å². The van der Waals surface area contributed by atoms with E-state index in [0.717, 1.165) is 12.1 Å². The SMILES string of the molecule is CC(C)[C@H](NC(=O)Nc1cc(C(F)(F)F)ccc1N1CCOCC1)c1nnc2ccccn12. The van der Waals surface area contributed by atoms with Crippen LogP contribution in [0.1, 0.15) is 31.3 Å². The van der Waals surface area contributed by atoms with Gasteiger partial charge in [-0.2, -0.15) is 13.2 Å². The number of amides is 2. The first-order valence-corrected chi connectivity index (χ1v) is 10.6. The van der Waals surface area contributed by atoms with Crippen LogP contribution in [0.3, 0.4) is 0 Å². The van der Waals surface area contributed by atoms with Crippen molar-refractivity contribution in [1.82, 2.24) is 19.9 Å². The molecule has 0 bridgehead atoms. The van der Waals surface area contributed by atoms with E-state index in [1.165, 1.54) is 6.07 Å². The highest BCUT2D eigenvalue weighted by Gasteiger charge is 2.32. The van der Waals surface area contributed by atoms with Gasteiger partial charge in [-0.25, -0.2) is 4.79 Å². The van der Waals surface area contributed by atoms with Gasteiger partial charge in [-0.1, -0.05) is 19.9 Å². The van der Waals surface area contributed by atoms with Crippen molar-refractivity contribution in [2.75, 3.05) is 36.5 Å². The largest absolute Gasteiger partial charge is 0.416 e. The number of rotatable bonds is 5. The van der Waals surface area contributed by atoms with Gasteiger partial charge in [-0.05, 0) is 36.2 Å². The predicted molar refractivity (Wildman–Crippen MR) is 117 cm³/mol. The fourth-order valence-corrected chi connectivity index (χ4v) is 3.79. The molecule has 8 nitrogen and oxygen atoms in total. The van der Waals surface area contributed by atoms with E-state index in [0.29, 0.717) is 43.5 Å². The Hall–Kier alpha value is -3.34. The van der Waals surface area contributed by atoms with Crippen LogP contribution >= 0.6 is 0 Å². The van der Waals surface area contributed by atoms with Crippen LogP contribution in [0.5, 0.6) is 0 Å². The predicted octanol–water partition coefficient (Wildman–Crippen LogP) is 4.10. The Balaban J connectivity index is 1.60. The van der Waals surface area contributed by atoms with Crippen molar-refractivity contribution in [3.8, 4) is 0 Å². The maximum absolute atomic E-state index is 13.3. The van der Waals surface area contributed by atoms with Gasteiger partial charge in [0.05, 0.1) is 36.2 Å². The number of urea groups is 1. The van der Waals surface area contributed by atoms with Gasteiger partial charge < -0.3 is 20.3 Å². The third-order valence-corrected chi connectivity index (χ3v) is 5.50. The molecule has 0 radical (unpaired) electrons. The third-order valence-electron chi connectivity index (χ3n) is 5.50. The van der Waals surface area contributed by atoms with Gasteiger partial charge in [0, 0.05) is 19.3 Å². The Morgan fingerprint density at radius 2 is 1.88 bits per heavy atom. The molecule has 0 unspecified atom stereocenters. The number of morpholine rings is 1. The number of fused-ring (bicyclic) bond motifs is 1. The quantitative estimate of drug-likeness (QED) is 0.597. The van der Waals surface area contributed by atoms with Crippen molar-refractivity contribution in [2.24, 2.45) is 5.92 Å². The third kappa shape index (κ3) is 5.03. The average molecular weight is 462 g/mol. The van der Waals surface area contributed by atoms with Gasteiger partial charge in [0.15, 0.2) is 11.5 Å². The van der Waals surface area contributed by atoms with Gasteiger partial charge in [0.25, 0.3) is 0 Å². The molecule has 1 aliphatic rings. The van der Waals surface area contributed by atoms with Crippen molar-refractivity contribution < 1.29 is 22.7 Å². The molecule has 176 valence electrons. The van der Waals surface area contributed by atoms with Crippen LogP contribution in [0.2, 0.25) is 0 Å². The second kappa shape index (κ2) is 9.26. The van der Waals surface area contributed by atoms with Crippen molar-refractivity contribution in [3.63, 3.8) is 0 Å². The number of anilines is 2. The lowest BCUT2D eigenvalue weighted by molar-refractivity contribution is -0.137. The number of carbonyl (C=O) groups is 1. The standard InChI is InChI=1S/C22H25F3N6O2/c1-14(2)19(20-29-28-18-5-3-4-8-31(18)20)27-21(32)26-16-13-15(22(23,24)25)6-7-17(16)30-9-11-33-12-10-30/h3-8,13-14,19H,9-12H2,1-2H3,(H2,26,27,32)/t19-/m0/s1. The highest BCUT2D eigenvalue weighted by molar-refractivity contribution is 5.93. The summed E-state index contributed by atoms with van der Waals surface area (Å²) in [7, 11) is 0. The number of aromatic nitrogens is 3. The van der Waals surface area contributed by atoms with Crippen molar-refractivity contribution in [1.29, 1.82) is 0 Å². The van der Waals surface area contributed by atoms with Crippen molar-refractivity contribution in [3.05, 3.63) is 54.0 Å². The lowest BCUT2D eigenvalue weighted by atomic mass is 10.0. The van der Waals surface area contributed by atoms with Crippen LogP contribution in [0, 0.1) is 5.92 Å². The number of carbonyl (C=O) groups excluding carboxylic acids is 1. The molecule has 1 fully saturated rings. The number of pyridine rings is 1. The zero-order valence-corrected chi connectivity index (χ0v) is 18.3. The Morgan fingerprint density at radius 3 is 2.58 bits per heavy atom. The minimum absolute atomic E-state index is 0.0522. The van der Waals surface area contributed by atoms with Crippen LogP contribution in [0.25, 0.3) is 5.65 Å². The molecule has 2 amide bonds. The molecule has 2 aromatic heterocycles. The number of nitrogens with zero attached hydrogens (tertiary/aromatic N) is 4. The number of hydrogen-bond acceptors (Lipinski definition) is 5. The zero-order valence-electron chi connectivity index (χ0n) is 18.3. The second-order valence-corrected chi connectivity index (χ2v) is 8.14. The summed E-state index contributed by atoms with van der Waals surface area (Å²) in [5.74, 6) is 0.483. The van der Waals surface area contributed by atoms with Gasteiger partial charge >= 0.3 is 12.2 Å². The Morgan fingerprint density at radius 1 is 1.12 bits per heavy atom. The Bertz CT molecular complexity index is 1120. The van der Waals surface area contributed by atoms with Crippen LogP contribution in [-0.2, 0) is 10.9 Å². The molecule has 1 saturated heterocycles. The van der Waals surface area contributed by atoms with Crippen LogP contribution < -0.4 is 15.5 Å². The highest BCUT2D eigenvalue weighted by Crippen LogP contribution is 2.36. The molecular formula is C22H25F3N6O2. The summed E-state index contributed by atoms with van der Waals surface area (Å²) in [6, 6.07) is 7.68. The Kier molecular flexibility index (Phi) is 6.41. The number of hydrogen-bond donors (Lipinski definition) is 2. The van der Waals surface area contributed by atoms with Crippen molar-refractivity contribution >= 4 is 23.1 Å². The number of benzene rings is 1. The van der Waals surface area contributed by atoms with E-state index in [2.05, 4.69) is 20.8 Å². The first-order valence-electron chi connectivity index (χ1n) is 10.6. The average Bonchev–Trinajstić information content (AvgIpc) is 3.21. The Labute approximate surface area is 188 Å². The number of nitrogens with one attached hydrogen (secondary N) is 2. The number of alkyl halides is 3. The van der Waals surface area contributed by atoms with Crippen LogP contribution in [-0.4, -0.2) is 46.9 Å². The van der Waals surface area contributed by atoms with E-state index >= 15 is 0 Å². The maximum atomic E-state index is 13.3. The van der Waals surface area contributed by atoms with E-state index in [4.69, 9.17) is 4.74 Å². The fraction of sp³-hybridized carbons (Fsp3) is 0.409. The molecule has 4 rings (SSSR count). The molecule has 0 aliphatic carbocycles. The lowest BCUT2D eigenvalue weighted by Gasteiger charge is -2.31. The molecule has 0 spiro atoms. The molecule has 11 heteroatoms. The summed E-state index contributed by atoms with van der Waals surface area (Å²) in [6.07, 6.45) is -2.74. The maximum Gasteiger partial charge on any atom is 0.416 e. The van der Waals surface area contributed by atoms with Gasteiger partial charge in [0.2, 0.25) is 0 Å². The number of ether oxygens (including phenoxy) is 1. The molecule has 3 aromatic rings. The minimum atomic E-state index is -4.53. The van der Waals surface area contributed by atoms with E-state index < -0.39 is 23.8 Å². The molecule has 0 saturated carbocycles. The lowest BCUT2D eigenvalue weighted by Crippen LogP contribution is -2.38. The van der Waals surface area contributed by atoms with Gasteiger partial charge in [-0.15, -0.1) is 10.2 Å². The van der Waals surface area contributed by atoms with E-state index in [9.17, 15) is 18.0 Å². The minimum Gasteiger partial charge on any atom is -0.378 e. The van der Waals surface area contributed by atoms with Gasteiger partial charge in [0.1, 0.15) is 0 Å². The molecule has 33 heavy (non-hydrogen) atoms. The molecule has 3 heterocycles. The summed E-state index contributed by atoms with van der Waals surface area (Å²) in [4.78, 5) is 14.8. The summed E-state index contributed by atoms with van der Waals surface area (Å²) >= 11 is 0. The summed E-state index contributed by atoms with van der Waals surface area (Å²) in [6.45, 7) is 5.78. The molecule has 2 N–H and O–H groups in total.